The van der Waals surface area contributed by atoms with Crippen LogP contribution in [0.15, 0.2) is 48.5 Å². The Morgan fingerprint density at radius 3 is 2.42 bits per heavy atom. The predicted molar refractivity (Wildman–Crippen MR) is 69.0 cm³/mol. The van der Waals surface area contributed by atoms with Gasteiger partial charge in [0.25, 0.3) is 0 Å². The summed E-state index contributed by atoms with van der Waals surface area (Å²) in [6.45, 7) is 0.321. The number of fused-ring (bicyclic) bond motifs is 1. The van der Waals surface area contributed by atoms with E-state index < -0.39 is 0 Å². The molecular formula is C15H11F2NO. The van der Waals surface area contributed by atoms with E-state index in [0.29, 0.717) is 12.4 Å². The summed E-state index contributed by atoms with van der Waals surface area (Å²) in [5.41, 5.74) is 1.57. The first-order chi connectivity index (χ1) is 9.20. The number of aromatic nitrogens is 1. The zero-order chi connectivity index (χ0) is 13.2. The molecule has 2 aromatic carbocycles. The van der Waals surface area contributed by atoms with Crippen molar-refractivity contribution in [3.05, 3.63) is 65.9 Å². The topological polar surface area (TPSA) is 25.0 Å². The molecule has 0 unspecified atom stereocenters. The van der Waals surface area contributed by atoms with Gasteiger partial charge in [0, 0.05) is 5.52 Å². The molecule has 1 aromatic heterocycles. The van der Waals surface area contributed by atoms with Crippen molar-refractivity contribution in [2.75, 3.05) is 0 Å². The van der Waals surface area contributed by atoms with E-state index in [2.05, 4.69) is 4.98 Å². The van der Waals surface area contributed by atoms with Crippen molar-refractivity contribution < 1.29 is 13.5 Å². The molecule has 3 aromatic rings. The highest BCUT2D eigenvalue weighted by atomic mass is 19.1. The second kappa shape index (κ2) is 4.72. The smallest absolute Gasteiger partial charge is 0.128 e. The van der Waals surface area contributed by atoms with Crippen LogP contribution >= 0.6 is 0 Å². The molecular weight excluding hydrogens is 248 g/mol. The molecule has 0 aliphatic heterocycles. The highest BCUT2D eigenvalue weighted by Gasteiger charge is 2.03. The molecule has 0 radical (unpaired) electrons. The van der Waals surface area contributed by atoms with Gasteiger partial charge in [0.05, 0.1) is 5.69 Å². The zero-order valence-electron chi connectivity index (χ0n) is 9.99. The third-order valence-electron chi connectivity index (χ3n) is 2.85. The number of aromatic amines is 1. The van der Waals surface area contributed by atoms with Gasteiger partial charge in [-0.25, -0.2) is 8.78 Å². The Morgan fingerprint density at radius 1 is 0.895 bits per heavy atom. The van der Waals surface area contributed by atoms with Crippen LogP contribution in [0.1, 0.15) is 5.69 Å². The second-order valence-electron chi connectivity index (χ2n) is 4.27. The zero-order valence-corrected chi connectivity index (χ0v) is 9.99. The van der Waals surface area contributed by atoms with Crippen LogP contribution < -0.4 is 4.74 Å². The lowest BCUT2D eigenvalue weighted by atomic mass is 10.2. The third-order valence-corrected chi connectivity index (χ3v) is 2.85. The molecule has 2 nitrogen and oxygen atoms in total. The summed E-state index contributed by atoms with van der Waals surface area (Å²) in [5.74, 6) is 0.0139. The van der Waals surface area contributed by atoms with E-state index in [-0.39, 0.29) is 11.6 Å². The van der Waals surface area contributed by atoms with E-state index in [4.69, 9.17) is 4.74 Å². The molecule has 0 amide bonds. The maximum absolute atomic E-state index is 13.0. The summed E-state index contributed by atoms with van der Waals surface area (Å²) in [4.78, 5) is 3.08. The Hall–Kier alpha value is -2.36. The van der Waals surface area contributed by atoms with Gasteiger partial charge >= 0.3 is 0 Å². The molecule has 96 valence electrons. The largest absolute Gasteiger partial charge is 0.487 e. The molecule has 0 bridgehead atoms. The Morgan fingerprint density at radius 2 is 1.63 bits per heavy atom. The van der Waals surface area contributed by atoms with Gasteiger partial charge in [-0.3, -0.25) is 0 Å². The van der Waals surface area contributed by atoms with E-state index in [1.807, 2.05) is 6.07 Å². The lowest BCUT2D eigenvalue weighted by molar-refractivity contribution is 0.302. The van der Waals surface area contributed by atoms with Gasteiger partial charge in [-0.2, -0.15) is 0 Å². The SMILES string of the molecule is Fc1ccc(OCc2cc3ccc(F)cc3[nH]2)cc1. The van der Waals surface area contributed by atoms with Crippen LogP contribution in [0.4, 0.5) is 8.78 Å². The average Bonchev–Trinajstić information content (AvgIpc) is 2.80. The number of halogens is 2. The first-order valence-electron chi connectivity index (χ1n) is 5.86. The lowest BCUT2D eigenvalue weighted by Gasteiger charge is -2.03. The highest BCUT2D eigenvalue weighted by molar-refractivity contribution is 5.80. The van der Waals surface area contributed by atoms with Gasteiger partial charge in [-0.1, -0.05) is 0 Å². The van der Waals surface area contributed by atoms with Gasteiger partial charge in [0.15, 0.2) is 0 Å². The normalized spacial score (nSPS) is 10.8. The van der Waals surface area contributed by atoms with Crippen molar-refractivity contribution in [3.63, 3.8) is 0 Å². The number of benzene rings is 2. The van der Waals surface area contributed by atoms with Crippen molar-refractivity contribution in [1.29, 1.82) is 0 Å². The molecule has 4 heteroatoms. The monoisotopic (exact) mass is 259 g/mol. The van der Waals surface area contributed by atoms with Gasteiger partial charge in [0.1, 0.15) is 24.0 Å². The van der Waals surface area contributed by atoms with Crippen LogP contribution in [0.25, 0.3) is 10.9 Å². The molecule has 3 rings (SSSR count). The number of hydrogen-bond donors (Lipinski definition) is 1. The summed E-state index contributed by atoms with van der Waals surface area (Å²) in [6.07, 6.45) is 0. The standard InChI is InChI=1S/C15H11F2NO/c16-11-3-5-14(6-4-11)19-9-13-7-10-1-2-12(17)8-15(10)18-13/h1-8,18H,9H2. The first kappa shape index (κ1) is 11.7. The van der Waals surface area contributed by atoms with Crippen molar-refractivity contribution in [3.8, 4) is 5.75 Å². The fraction of sp³-hybridized carbons (Fsp3) is 0.0667. The van der Waals surface area contributed by atoms with Crippen molar-refractivity contribution in [2.24, 2.45) is 0 Å². The summed E-state index contributed by atoms with van der Waals surface area (Å²) in [6, 6.07) is 12.3. The number of hydrogen-bond acceptors (Lipinski definition) is 1. The van der Waals surface area contributed by atoms with Crippen molar-refractivity contribution in [1.82, 2.24) is 4.98 Å². The van der Waals surface area contributed by atoms with E-state index in [1.54, 1.807) is 18.2 Å². The molecule has 0 aliphatic carbocycles. The molecule has 19 heavy (non-hydrogen) atoms. The average molecular weight is 259 g/mol. The molecule has 1 N–H and O–H groups in total. The number of ether oxygens (including phenoxy) is 1. The third kappa shape index (κ3) is 2.57. The maximum Gasteiger partial charge on any atom is 0.128 e. The van der Waals surface area contributed by atoms with Crippen LogP contribution in [-0.2, 0) is 6.61 Å². The number of rotatable bonds is 3. The van der Waals surface area contributed by atoms with Crippen LogP contribution in [0.5, 0.6) is 5.75 Å². The second-order valence-corrected chi connectivity index (χ2v) is 4.27. The van der Waals surface area contributed by atoms with E-state index in [9.17, 15) is 8.78 Å². The summed E-state index contributed by atoms with van der Waals surface area (Å²) >= 11 is 0. The Balaban J connectivity index is 1.76. The minimum atomic E-state index is -0.298. The minimum absolute atomic E-state index is 0.277. The van der Waals surface area contributed by atoms with Crippen LogP contribution in [0.3, 0.4) is 0 Å². The maximum atomic E-state index is 13.0. The molecule has 1 heterocycles. The van der Waals surface area contributed by atoms with Gasteiger partial charge in [-0.05, 0) is 53.9 Å². The fourth-order valence-corrected chi connectivity index (χ4v) is 1.93. The number of H-pyrrole nitrogens is 1. The highest BCUT2D eigenvalue weighted by Crippen LogP contribution is 2.18. The van der Waals surface area contributed by atoms with Gasteiger partial charge in [-0.15, -0.1) is 0 Å². The molecule has 0 fully saturated rings. The Labute approximate surface area is 108 Å². The Kier molecular flexibility index (Phi) is 2.91. The summed E-state index contributed by atoms with van der Waals surface area (Å²) < 4.78 is 31.3. The van der Waals surface area contributed by atoms with Crippen LogP contribution in [0.2, 0.25) is 0 Å². The summed E-state index contributed by atoms with van der Waals surface area (Å²) in [7, 11) is 0. The quantitative estimate of drug-likeness (QED) is 0.754. The van der Waals surface area contributed by atoms with E-state index in [1.165, 1.54) is 24.3 Å². The fourth-order valence-electron chi connectivity index (χ4n) is 1.93. The van der Waals surface area contributed by atoms with Crippen molar-refractivity contribution in [2.45, 2.75) is 6.61 Å². The molecule has 0 aliphatic rings. The molecule has 0 atom stereocenters. The predicted octanol–water partition coefficient (Wildman–Crippen LogP) is 4.03. The first-order valence-corrected chi connectivity index (χ1v) is 5.86. The summed E-state index contributed by atoms with van der Waals surface area (Å²) in [5, 5.41) is 0.930. The molecule has 0 saturated carbocycles. The van der Waals surface area contributed by atoms with E-state index >= 15 is 0 Å². The van der Waals surface area contributed by atoms with Gasteiger partial charge < -0.3 is 9.72 Å². The number of nitrogens with one attached hydrogen (secondary N) is 1. The molecule has 0 saturated heterocycles. The Bertz CT molecular complexity index is 704. The minimum Gasteiger partial charge on any atom is -0.487 e. The lowest BCUT2D eigenvalue weighted by Crippen LogP contribution is -1.95. The van der Waals surface area contributed by atoms with E-state index in [0.717, 1.165) is 16.6 Å². The van der Waals surface area contributed by atoms with Crippen molar-refractivity contribution >= 4 is 10.9 Å². The van der Waals surface area contributed by atoms with Crippen LogP contribution in [-0.4, -0.2) is 4.98 Å². The molecule has 0 spiro atoms. The van der Waals surface area contributed by atoms with Crippen LogP contribution in [0, 0.1) is 11.6 Å². The van der Waals surface area contributed by atoms with Gasteiger partial charge in [0.2, 0.25) is 0 Å².